The van der Waals surface area contributed by atoms with E-state index in [0.29, 0.717) is 0 Å². The van der Waals surface area contributed by atoms with Crippen LogP contribution in [0.5, 0.6) is 0 Å². The Bertz CT molecular complexity index is 902. The van der Waals surface area contributed by atoms with E-state index < -0.39 is 0 Å². The summed E-state index contributed by atoms with van der Waals surface area (Å²) in [4.78, 5) is 24.1. The Morgan fingerprint density at radius 2 is 1.80 bits per heavy atom. The Morgan fingerprint density at radius 1 is 1.07 bits per heavy atom. The van der Waals surface area contributed by atoms with Gasteiger partial charge in [0, 0.05) is 29.9 Å². The minimum absolute atomic E-state index is 0.00866. The van der Waals surface area contributed by atoms with Gasteiger partial charge in [0.05, 0.1) is 17.9 Å². The summed E-state index contributed by atoms with van der Waals surface area (Å²) in [7, 11) is 0. The second-order valence-corrected chi connectivity index (χ2v) is 8.10. The largest absolute Gasteiger partial charge is 0.343 e. The van der Waals surface area contributed by atoms with E-state index in [1.165, 1.54) is 5.56 Å². The molecule has 3 aromatic rings. The van der Waals surface area contributed by atoms with Gasteiger partial charge in [0.2, 0.25) is 5.91 Å². The van der Waals surface area contributed by atoms with Crippen LogP contribution in [0.15, 0.2) is 73.2 Å². The topological polar surface area (TPSA) is 58.1 Å². The highest BCUT2D eigenvalue weighted by atomic mass is 35.5. The molecule has 1 aliphatic heterocycles. The van der Waals surface area contributed by atoms with E-state index in [-0.39, 0.29) is 17.9 Å². The van der Waals surface area contributed by atoms with Crippen molar-refractivity contribution in [3.63, 3.8) is 0 Å². The van der Waals surface area contributed by atoms with E-state index >= 15 is 0 Å². The van der Waals surface area contributed by atoms with Crippen molar-refractivity contribution in [3.05, 3.63) is 95.0 Å². The zero-order chi connectivity index (χ0) is 20.8. The first kappa shape index (κ1) is 20.5. The van der Waals surface area contributed by atoms with E-state index in [9.17, 15) is 4.79 Å². The number of hydrogen-bond acceptors (Lipinski definition) is 4. The number of nitrogens with one attached hydrogen (secondary N) is 1. The molecular weight excluding hydrogens is 396 g/mol. The van der Waals surface area contributed by atoms with E-state index in [1.807, 2.05) is 42.5 Å². The summed E-state index contributed by atoms with van der Waals surface area (Å²) in [6, 6.07) is 17.6. The fourth-order valence-corrected chi connectivity index (χ4v) is 4.02. The van der Waals surface area contributed by atoms with E-state index in [0.717, 1.165) is 48.8 Å². The standard InChI is InChI=1S/C24H25ClN4O/c25-21-8-6-18(7-9-21)17-29-14-10-20(11-15-29)24(30)28-23(19-4-2-1-3-5-19)22-16-26-12-13-27-22/h1-9,12-13,16,20,23H,10-11,14-15,17H2,(H,28,30). The van der Waals surface area contributed by atoms with E-state index in [2.05, 4.69) is 32.3 Å². The quantitative estimate of drug-likeness (QED) is 0.647. The molecule has 1 amide bonds. The predicted molar refractivity (Wildman–Crippen MR) is 118 cm³/mol. The molecule has 1 fully saturated rings. The van der Waals surface area contributed by atoms with E-state index in [4.69, 9.17) is 11.6 Å². The van der Waals surface area contributed by atoms with Crippen LogP contribution in [0.25, 0.3) is 0 Å². The molecule has 1 unspecified atom stereocenters. The van der Waals surface area contributed by atoms with Crippen LogP contribution < -0.4 is 5.32 Å². The number of carbonyl (C=O) groups excluding carboxylic acids is 1. The molecule has 0 spiro atoms. The number of rotatable bonds is 6. The lowest BCUT2D eigenvalue weighted by Crippen LogP contribution is -2.41. The molecule has 5 nitrogen and oxygen atoms in total. The van der Waals surface area contributed by atoms with Crippen molar-refractivity contribution in [2.24, 2.45) is 5.92 Å². The first-order valence-electron chi connectivity index (χ1n) is 10.3. The Hall–Kier alpha value is -2.76. The Kier molecular flexibility index (Phi) is 6.72. The highest BCUT2D eigenvalue weighted by Gasteiger charge is 2.28. The first-order valence-corrected chi connectivity index (χ1v) is 10.6. The molecule has 0 bridgehead atoms. The SMILES string of the molecule is O=C(NC(c1ccccc1)c1cnccn1)C1CCN(Cc2ccc(Cl)cc2)CC1. The average molecular weight is 421 g/mol. The molecule has 1 atom stereocenters. The summed E-state index contributed by atoms with van der Waals surface area (Å²) in [5, 5.41) is 3.97. The zero-order valence-corrected chi connectivity index (χ0v) is 17.5. The number of hydrogen-bond donors (Lipinski definition) is 1. The molecule has 4 rings (SSSR count). The van der Waals surface area contributed by atoms with Crippen LogP contribution in [-0.2, 0) is 11.3 Å². The summed E-state index contributed by atoms with van der Waals surface area (Å²) < 4.78 is 0. The third-order valence-corrected chi connectivity index (χ3v) is 5.83. The number of carbonyl (C=O) groups is 1. The highest BCUT2D eigenvalue weighted by Crippen LogP contribution is 2.24. The second-order valence-electron chi connectivity index (χ2n) is 7.66. The van der Waals surface area contributed by atoms with Crippen molar-refractivity contribution in [2.45, 2.75) is 25.4 Å². The summed E-state index contributed by atoms with van der Waals surface area (Å²) in [5.74, 6) is 0.0926. The number of aromatic nitrogens is 2. The van der Waals surface area contributed by atoms with Gasteiger partial charge in [-0.3, -0.25) is 19.7 Å². The van der Waals surface area contributed by atoms with Gasteiger partial charge in [-0.05, 0) is 49.2 Å². The lowest BCUT2D eigenvalue weighted by molar-refractivity contribution is -0.127. The lowest BCUT2D eigenvalue weighted by atomic mass is 9.94. The number of benzene rings is 2. The second kappa shape index (κ2) is 9.83. The normalized spacial score (nSPS) is 16.2. The number of amides is 1. The van der Waals surface area contributed by atoms with Crippen molar-refractivity contribution in [1.29, 1.82) is 0 Å². The molecule has 1 N–H and O–H groups in total. The van der Waals surface area contributed by atoms with Crippen LogP contribution in [0.1, 0.15) is 35.7 Å². The minimum Gasteiger partial charge on any atom is -0.343 e. The smallest absolute Gasteiger partial charge is 0.224 e. The van der Waals surface area contributed by atoms with Crippen molar-refractivity contribution in [2.75, 3.05) is 13.1 Å². The summed E-state index contributed by atoms with van der Waals surface area (Å²) in [6.45, 7) is 2.70. The first-order chi connectivity index (χ1) is 14.7. The third kappa shape index (κ3) is 5.23. The number of halogens is 1. The number of likely N-dealkylation sites (tertiary alicyclic amines) is 1. The molecular formula is C24H25ClN4O. The maximum atomic E-state index is 13.1. The van der Waals surface area contributed by atoms with Crippen molar-refractivity contribution in [3.8, 4) is 0 Å². The van der Waals surface area contributed by atoms with Crippen LogP contribution in [0.2, 0.25) is 5.02 Å². The van der Waals surface area contributed by atoms with Gasteiger partial charge in [-0.1, -0.05) is 54.1 Å². The molecule has 1 aliphatic rings. The van der Waals surface area contributed by atoms with Crippen molar-refractivity contribution < 1.29 is 4.79 Å². The van der Waals surface area contributed by atoms with Gasteiger partial charge >= 0.3 is 0 Å². The van der Waals surface area contributed by atoms with Gasteiger partial charge in [0.25, 0.3) is 0 Å². The molecule has 0 saturated carbocycles. The van der Waals surface area contributed by atoms with Crippen molar-refractivity contribution >= 4 is 17.5 Å². The van der Waals surface area contributed by atoms with Gasteiger partial charge in [-0.15, -0.1) is 0 Å². The molecule has 0 radical (unpaired) electrons. The summed E-state index contributed by atoms with van der Waals surface area (Å²) in [6.07, 6.45) is 6.71. The summed E-state index contributed by atoms with van der Waals surface area (Å²) in [5.41, 5.74) is 3.00. The Morgan fingerprint density at radius 3 is 2.47 bits per heavy atom. The molecule has 2 aromatic carbocycles. The maximum Gasteiger partial charge on any atom is 0.224 e. The maximum absolute atomic E-state index is 13.1. The Labute approximate surface area is 182 Å². The molecule has 30 heavy (non-hydrogen) atoms. The zero-order valence-electron chi connectivity index (χ0n) is 16.7. The van der Waals surface area contributed by atoms with Crippen LogP contribution in [0.3, 0.4) is 0 Å². The molecule has 2 heterocycles. The fourth-order valence-electron chi connectivity index (χ4n) is 3.89. The van der Waals surface area contributed by atoms with Crippen molar-refractivity contribution in [1.82, 2.24) is 20.2 Å². The van der Waals surface area contributed by atoms with Gasteiger partial charge in [-0.2, -0.15) is 0 Å². The molecule has 1 aromatic heterocycles. The molecule has 154 valence electrons. The monoisotopic (exact) mass is 420 g/mol. The van der Waals surface area contributed by atoms with Crippen LogP contribution in [0, 0.1) is 5.92 Å². The molecule has 6 heteroatoms. The third-order valence-electron chi connectivity index (χ3n) is 5.58. The van der Waals surface area contributed by atoms with Crippen LogP contribution in [-0.4, -0.2) is 33.9 Å². The number of nitrogens with zero attached hydrogens (tertiary/aromatic N) is 3. The lowest BCUT2D eigenvalue weighted by Gasteiger charge is -2.32. The van der Waals surface area contributed by atoms with E-state index in [1.54, 1.807) is 18.6 Å². The van der Waals surface area contributed by atoms with Gasteiger partial charge in [0.1, 0.15) is 0 Å². The number of piperidine rings is 1. The minimum atomic E-state index is -0.292. The molecule has 1 saturated heterocycles. The predicted octanol–water partition coefficient (Wildman–Crippen LogP) is 4.25. The molecule has 0 aliphatic carbocycles. The average Bonchev–Trinajstić information content (AvgIpc) is 2.80. The fraction of sp³-hybridized carbons (Fsp3) is 0.292. The van der Waals surface area contributed by atoms with Crippen LogP contribution in [0.4, 0.5) is 0 Å². The Balaban J connectivity index is 1.37. The van der Waals surface area contributed by atoms with Gasteiger partial charge < -0.3 is 5.32 Å². The van der Waals surface area contributed by atoms with Gasteiger partial charge in [0.15, 0.2) is 0 Å². The highest BCUT2D eigenvalue weighted by molar-refractivity contribution is 6.30. The summed E-state index contributed by atoms with van der Waals surface area (Å²) >= 11 is 5.97. The van der Waals surface area contributed by atoms with Crippen LogP contribution >= 0.6 is 11.6 Å². The van der Waals surface area contributed by atoms with Gasteiger partial charge in [-0.25, -0.2) is 0 Å².